The number of carbonyl (C=O) groups is 1. The molecule has 0 aliphatic carbocycles. The lowest BCUT2D eigenvalue weighted by molar-refractivity contribution is 0.0303. The van der Waals surface area contributed by atoms with Crippen LogP contribution in [0.2, 0.25) is 0 Å². The lowest BCUT2D eigenvalue weighted by atomic mass is 10.1. The molecule has 1 aliphatic rings. The summed E-state index contributed by atoms with van der Waals surface area (Å²) in [5, 5.41) is 0.495. The molecule has 8 nitrogen and oxygen atoms in total. The lowest BCUT2D eigenvalue weighted by Crippen LogP contribution is -2.40. The van der Waals surface area contributed by atoms with E-state index in [4.69, 9.17) is 4.74 Å². The fraction of sp³-hybridized carbons (Fsp3) is 0.222. The monoisotopic (exact) mass is 517 g/mol. The Morgan fingerprint density at radius 1 is 0.973 bits per heavy atom. The van der Waals surface area contributed by atoms with Crippen LogP contribution in [-0.2, 0) is 16.9 Å². The molecule has 1 aliphatic heterocycles. The van der Waals surface area contributed by atoms with Gasteiger partial charge in [0.15, 0.2) is 5.16 Å². The maximum atomic E-state index is 13.3. The van der Waals surface area contributed by atoms with Crippen molar-refractivity contribution < 1.29 is 13.9 Å². The van der Waals surface area contributed by atoms with Gasteiger partial charge in [-0.05, 0) is 47.5 Å². The summed E-state index contributed by atoms with van der Waals surface area (Å²) in [4.78, 5) is 40.0. The highest BCUT2D eigenvalue weighted by atomic mass is 32.2. The molecule has 0 radical (unpaired) electrons. The van der Waals surface area contributed by atoms with Crippen molar-refractivity contribution in [3.63, 3.8) is 0 Å². The molecular formula is C27H24FN5O3S. The maximum absolute atomic E-state index is 13.3. The van der Waals surface area contributed by atoms with Crippen LogP contribution in [0, 0.1) is 5.82 Å². The predicted molar refractivity (Wildman–Crippen MR) is 137 cm³/mol. The van der Waals surface area contributed by atoms with Gasteiger partial charge in [0.25, 0.3) is 11.5 Å². The van der Waals surface area contributed by atoms with Crippen molar-refractivity contribution in [2.45, 2.75) is 17.3 Å². The molecule has 1 fully saturated rings. The predicted octanol–water partition coefficient (Wildman–Crippen LogP) is 3.52. The second kappa shape index (κ2) is 11.4. The fourth-order valence-corrected chi connectivity index (χ4v) is 4.90. The number of thioether (sulfide) groups is 1. The zero-order valence-corrected chi connectivity index (χ0v) is 20.7. The van der Waals surface area contributed by atoms with Gasteiger partial charge < -0.3 is 9.64 Å². The summed E-state index contributed by atoms with van der Waals surface area (Å²) in [5.41, 5.74) is 3.21. The number of nitrogens with zero attached hydrogens (tertiary/aromatic N) is 5. The molecule has 0 bridgehead atoms. The van der Waals surface area contributed by atoms with Crippen molar-refractivity contribution >= 4 is 17.7 Å². The molecule has 0 atom stereocenters. The zero-order valence-electron chi connectivity index (χ0n) is 19.9. The molecular weight excluding hydrogens is 493 g/mol. The van der Waals surface area contributed by atoms with E-state index in [1.807, 2.05) is 16.7 Å². The number of carbonyl (C=O) groups excluding carboxylic acids is 1. The number of morpholine rings is 1. The Balaban J connectivity index is 1.45. The topological polar surface area (TPSA) is 90.2 Å². The number of amides is 1. The Morgan fingerprint density at radius 3 is 2.38 bits per heavy atom. The molecule has 37 heavy (non-hydrogen) atoms. The van der Waals surface area contributed by atoms with E-state index in [1.54, 1.807) is 47.8 Å². The zero-order chi connectivity index (χ0) is 25.6. The third kappa shape index (κ3) is 6.10. The van der Waals surface area contributed by atoms with E-state index in [0.717, 1.165) is 16.8 Å². The Bertz CT molecular complexity index is 1420. The normalized spacial score (nSPS) is 13.5. The summed E-state index contributed by atoms with van der Waals surface area (Å²) in [6, 6.07) is 13.5. The summed E-state index contributed by atoms with van der Waals surface area (Å²) >= 11 is 1.38. The molecule has 0 spiro atoms. The average Bonchev–Trinajstić information content (AvgIpc) is 2.95. The first kappa shape index (κ1) is 24.8. The Labute approximate surface area is 217 Å². The Kier molecular flexibility index (Phi) is 7.67. The van der Waals surface area contributed by atoms with E-state index >= 15 is 0 Å². The molecule has 0 unspecified atom stereocenters. The molecule has 0 saturated carbocycles. The first-order chi connectivity index (χ1) is 18.1. The fourth-order valence-electron chi connectivity index (χ4n) is 3.97. The van der Waals surface area contributed by atoms with E-state index in [2.05, 4.69) is 15.0 Å². The van der Waals surface area contributed by atoms with Gasteiger partial charge in [-0.3, -0.25) is 14.2 Å². The van der Waals surface area contributed by atoms with E-state index in [0.29, 0.717) is 54.8 Å². The van der Waals surface area contributed by atoms with Gasteiger partial charge in [0.2, 0.25) is 0 Å². The molecule has 2 aromatic heterocycles. The summed E-state index contributed by atoms with van der Waals surface area (Å²) in [6.07, 6.45) is 6.88. The molecule has 3 heterocycles. The second-order valence-electron chi connectivity index (χ2n) is 8.51. The molecule has 4 aromatic rings. The molecule has 188 valence electrons. The van der Waals surface area contributed by atoms with Crippen LogP contribution in [0.4, 0.5) is 4.39 Å². The number of hydrogen-bond donors (Lipinski definition) is 0. The van der Waals surface area contributed by atoms with Crippen LogP contribution in [0.25, 0.3) is 5.69 Å². The quantitative estimate of drug-likeness (QED) is 0.274. The minimum Gasteiger partial charge on any atom is -0.378 e. The molecule has 5 rings (SSSR count). The average molecular weight is 518 g/mol. The Morgan fingerprint density at radius 2 is 1.68 bits per heavy atom. The van der Waals surface area contributed by atoms with Gasteiger partial charge in [-0.25, -0.2) is 14.4 Å². The van der Waals surface area contributed by atoms with Crippen LogP contribution >= 0.6 is 11.8 Å². The van der Waals surface area contributed by atoms with Gasteiger partial charge >= 0.3 is 0 Å². The highest BCUT2D eigenvalue weighted by molar-refractivity contribution is 7.98. The largest absolute Gasteiger partial charge is 0.378 e. The van der Waals surface area contributed by atoms with Gasteiger partial charge in [-0.2, -0.15) is 4.98 Å². The molecule has 10 heteroatoms. The number of rotatable bonds is 7. The number of ether oxygens (including phenoxy) is 1. The number of hydrogen-bond acceptors (Lipinski definition) is 7. The van der Waals surface area contributed by atoms with Crippen molar-refractivity contribution in [2.75, 3.05) is 26.3 Å². The lowest BCUT2D eigenvalue weighted by Gasteiger charge is -2.27. The van der Waals surface area contributed by atoms with Crippen LogP contribution in [0.3, 0.4) is 0 Å². The van der Waals surface area contributed by atoms with E-state index in [1.165, 1.54) is 30.2 Å². The minimum absolute atomic E-state index is 0.0384. The summed E-state index contributed by atoms with van der Waals surface area (Å²) < 4.78 is 20.5. The van der Waals surface area contributed by atoms with Gasteiger partial charge in [-0.1, -0.05) is 23.9 Å². The van der Waals surface area contributed by atoms with Crippen molar-refractivity contribution in [1.82, 2.24) is 24.4 Å². The summed E-state index contributed by atoms with van der Waals surface area (Å²) in [6.45, 7) is 2.22. The smallest absolute Gasteiger partial charge is 0.277 e. The van der Waals surface area contributed by atoms with Crippen molar-refractivity contribution in [3.05, 3.63) is 112 Å². The minimum atomic E-state index is -0.333. The van der Waals surface area contributed by atoms with Crippen molar-refractivity contribution in [3.8, 4) is 5.69 Å². The molecule has 1 amide bonds. The van der Waals surface area contributed by atoms with Crippen molar-refractivity contribution in [1.29, 1.82) is 0 Å². The van der Waals surface area contributed by atoms with Crippen LogP contribution in [0.5, 0.6) is 0 Å². The first-order valence-corrected chi connectivity index (χ1v) is 12.8. The van der Waals surface area contributed by atoms with Gasteiger partial charge in [0.05, 0.1) is 13.2 Å². The highest BCUT2D eigenvalue weighted by Crippen LogP contribution is 2.24. The van der Waals surface area contributed by atoms with Gasteiger partial charge in [0.1, 0.15) is 12.1 Å². The van der Waals surface area contributed by atoms with Crippen molar-refractivity contribution in [2.24, 2.45) is 0 Å². The SMILES string of the molecule is O=C(c1ccc(-n2cc(Cc3cncnc3)c(=O)nc2SCc2ccc(F)cc2)cc1)N1CCOCC1. The highest BCUT2D eigenvalue weighted by Gasteiger charge is 2.19. The van der Waals surface area contributed by atoms with E-state index in [9.17, 15) is 14.0 Å². The van der Waals surface area contributed by atoms with Crippen LogP contribution in [0.1, 0.15) is 27.0 Å². The van der Waals surface area contributed by atoms with Crippen LogP contribution < -0.4 is 5.56 Å². The molecule has 2 aromatic carbocycles. The Hall–Kier alpha value is -3.89. The summed E-state index contributed by atoms with van der Waals surface area (Å²) in [5.74, 6) is 0.167. The number of benzene rings is 2. The van der Waals surface area contributed by atoms with E-state index < -0.39 is 0 Å². The standard InChI is InChI=1S/C27H24FN5O3S/c28-23-5-1-19(2-6-23)17-37-27-31-25(34)22(13-20-14-29-18-30-15-20)16-33(27)24-7-3-21(4-8-24)26(35)32-9-11-36-12-10-32/h1-8,14-16,18H,9-13,17H2. The van der Waals surface area contributed by atoms with Gasteiger partial charge in [-0.15, -0.1) is 0 Å². The van der Waals surface area contributed by atoms with Crippen LogP contribution in [0.15, 0.2) is 83.4 Å². The third-order valence-electron chi connectivity index (χ3n) is 5.94. The molecule has 0 N–H and O–H groups in total. The first-order valence-electron chi connectivity index (χ1n) is 11.8. The summed E-state index contributed by atoms with van der Waals surface area (Å²) in [7, 11) is 0. The maximum Gasteiger partial charge on any atom is 0.277 e. The van der Waals surface area contributed by atoms with Gasteiger partial charge in [0, 0.05) is 60.7 Å². The molecule has 1 saturated heterocycles. The number of aromatic nitrogens is 4. The number of halogens is 1. The third-order valence-corrected chi connectivity index (χ3v) is 6.97. The second-order valence-corrected chi connectivity index (χ2v) is 9.46. The van der Waals surface area contributed by atoms with E-state index in [-0.39, 0.29) is 17.3 Å². The van der Waals surface area contributed by atoms with Crippen LogP contribution in [-0.4, -0.2) is 56.6 Å².